The molecule has 0 amide bonds. The van der Waals surface area contributed by atoms with Crippen LogP contribution in [0.3, 0.4) is 0 Å². The highest BCUT2D eigenvalue weighted by Crippen LogP contribution is 2.23. The van der Waals surface area contributed by atoms with Crippen molar-refractivity contribution in [2.24, 2.45) is 0 Å². The van der Waals surface area contributed by atoms with Crippen LogP contribution in [0.4, 0.5) is 0 Å². The molecule has 0 saturated heterocycles. The quantitative estimate of drug-likeness (QED) is 0.632. The first-order valence-corrected chi connectivity index (χ1v) is 8.41. The first-order chi connectivity index (χ1) is 12.3. The van der Waals surface area contributed by atoms with Crippen LogP contribution in [0, 0.1) is 11.3 Å². The van der Waals surface area contributed by atoms with Crippen molar-refractivity contribution in [1.29, 1.82) is 5.26 Å². The molecule has 2 aromatic carbocycles. The predicted molar refractivity (Wildman–Crippen MR) is 94.0 cm³/mol. The zero-order valence-electron chi connectivity index (χ0n) is 13.2. The van der Waals surface area contributed by atoms with Crippen LogP contribution in [0.15, 0.2) is 60.0 Å². The number of nitrogens with zero attached hydrogens (tertiary/aromatic N) is 2. The van der Waals surface area contributed by atoms with Gasteiger partial charge in [0.15, 0.2) is 6.61 Å². The van der Waals surface area contributed by atoms with Crippen LogP contribution < -0.4 is 4.74 Å². The number of hydrogen-bond acceptors (Lipinski definition) is 6. The molecule has 1 aromatic heterocycles. The molecule has 0 fully saturated rings. The number of hydrogen-bond donors (Lipinski definition) is 0. The number of rotatable bonds is 6. The van der Waals surface area contributed by atoms with Gasteiger partial charge in [-0.25, -0.2) is 9.78 Å². The highest BCUT2D eigenvalue weighted by molar-refractivity contribution is 7.13. The SMILES string of the molecule is N#Cc1ccccc1OCC(=O)OCc1csc(-c2ccccc2)n1. The molecule has 0 saturated carbocycles. The van der Waals surface area contributed by atoms with E-state index < -0.39 is 5.97 Å². The second-order valence-electron chi connectivity index (χ2n) is 5.07. The summed E-state index contributed by atoms with van der Waals surface area (Å²) in [6.07, 6.45) is 0. The Balaban J connectivity index is 1.51. The average Bonchev–Trinajstić information content (AvgIpc) is 3.14. The van der Waals surface area contributed by atoms with E-state index in [1.54, 1.807) is 24.3 Å². The van der Waals surface area contributed by atoms with Gasteiger partial charge in [-0.3, -0.25) is 0 Å². The summed E-state index contributed by atoms with van der Waals surface area (Å²) >= 11 is 1.50. The summed E-state index contributed by atoms with van der Waals surface area (Å²) in [5, 5.41) is 11.7. The van der Waals surface area contributed by atoms with E-state index in [4.69, 9.17) is 14.7 Å². The van der Waals surface area contributed by atoms with Gasteiger partial charge in [-0.15, -0.1) is 11.3 Å². The van der Waals surface area contributed by atoms with Gasteiger partial charge in [0.1, 0.15) is 23.4 Å². The number of para-hydroxylation sites is 1. The van der Waals surface area contributed by atoms with Gasteiger partial charge in [0, 0.05) is 10.9 Å². The van der Waals surface area contributed by atoms with E-state index in [0.717, 1.165) is 10.6 Å². The van der Waals surface area contributed by atoms with Crippen molar-refractivity contribution < 1.29 is 14.3 Å². The van der Waals surface area contributed by atoms with Crippen molar-refractivity contribution in [3.8, 4) is 22.4 Å². The van der Waals surface area contributed by atoms with Gasteiger partial charge in [0.25, 0.3) is 0 Å². The van der Waals surface area contributed by atoms with Crippen molar-refractivity contribution in [2.75, 3.05) is 6.61 Å². The van der Waals surface area contributed by atoms with Gasteiger partial charge < -0.3 is 9.47 Å². The lowest BCUT2D eigenvalue weighted by molar-refractivity contribution is -0.147. The number of esters is 1. The summed E-state index contributed by atoms with van der Waals surface area (Å²) in [5.74, 6) is -0.149. The molecule has 0 radical (unpaired) electrons. The van der Waals surface area contributed by atoms with Crippen LogP contribution >= 0.6 is 11.3 Å². The van der Waals surface area contributed by atoms with Gasteiger partial charge in [0.2, 0.25) is 0 Å². The minimum Gasteiger partial charge on any atom is -0.481 e. The third-order valence-corrected chi connectivity index (χ3v) is 4.25. The topological polar surface area (TPSA) is 72.2 Å². The maximum absolute atomic E-state index is 11.8. The van der Waals surface area contributed by atoms with Gasteiger partial charge in [0.05, 0.1) is 11.3 Å². The van der Waals surface area contributed by atoms with E-state index in [0.29, 0.717) is 17.0 Å². The largest absolute Gasteiger partial charge is 0.481 e. The van der Waals surface area contributed by atoms with Gasteiger partial charge in [-0.1, -0.05) is 42.5 Å². The molecule has 0 aliphatic carbocycles. The van der Waals surface area contributed by atoms with Crippen LogP contribution in [0.1, 0.15) is 11.3 Å². The third kappa shape index (κ3) is 4.43. The first kappa shape index (κ1) is 16.7. The number of thiazole rings is 1. The number of aromatic nitrogens is 1. The van der Waals surface area contributed by atoms with Crippen molar-refractivity contribution in [3.63, 3.8) is 0 Å². The van der Waals surface area contributed by atoms with E-state index in [1.807, 2.05) is 41.8 Å². The highest BCUT2D eigenvalue weighted by Gasteiger charge is 2.10. The highest BCUT2D eigenvalue weighted by atomic mass is 32.1. The van der Waals surface area contributed by atoms with Gasteiger partial charge in [-0.05, 0) is 12.1 Å². The zero-order chi connectivity index (χ0) is 17.5. The monoisotopic (exact) mass is 350 g/mol. The maximum Gasteiger partial charge on any atom is 0.344 e. The maximum atomic E-state index is 11.8. The van der Waals surface area contributed by atoms with Crippen molar-refractivity contribution in [1.82, 2.24) is 4.98 Å². The Morgan fingerprint density at radius 2 is 1.88 bits per heavy atom. The number of ether oxygens (including phenoxy) is 2. The minimum absolute atomic E-state index is 0.0887. The van der Waals surface area contributed by atoms with Crippen LogP contribution in [0.2, 0.25) is 0 Å². The van der Waals surface area contributed by atoms with Gasteiger partial charge in [-0.2, -0.15) is 5.26 Å². The van der Waals surface area contributed by atoms with Crippen LogP contribution in [-0.2, 0) is 16.1 Å². The molecule has 0 N–H and O–H groups in total. The molecule has 5 nitrogen and oxygen atoms in total. The summed E-state index contributed by atoms with van der Waals surface area (Å²) in [4.78, 5) is 16.3. The van der Waals surface area contributed by atoms with Crippen molar-refractivity contribution >= 4 is 17.3 Å². The summed E-state index contributed by atoms with van der Waals surface area (Å²) < 4.78 is 10.5. The van der Waals surface area contributed by atoms with E-state index in [-0.39, 0.29) is 13.2 Å². The third-order valence-electron chi connectivity index (χ3n) is 3.31. The molecule has 0 unspecified atom stereocenters. The predicted octanol–water partition coefficient (Wildman–Crippen LogP) is 3.80. The Labute approximate surface area is 149 Å². The molecule has 1 heterocycles. The molecule has 124 valence electrons. The standard InChI is InChI=1S/C19H14N2O3S/c20-10-15-8-4-5-9-17(15)23-12-18(22)24-11-16-13-25-19(21-16)14-6-2-1-3-7-14/h1-9,13H,11-12H2. The second kappa shape index (κ2) is 8.08. The minimum atomic E-state index is -0.512. The lowest BCUT2D eigenvalue weighted by Gasteiger charge is -2.07. The molecule has 0 aliphatic rings. The van der Waals surface area contributed by atoms with E-state index in [1.165, 1.54) is 11.3 Å². The molecule has 0 spiro atoms. The van der Waals surface area contributed by atoms with E-state index in [2.05, 4.69) is 4.98 Å². The molecule has 3 aromatic rings. The fraction of sp³-hybridized carbons (Fsp3) is 0.105. The molecule has 3 rings (SSSR count). The number of nitriles is 1. The summed E-state index contributed by atoms with van der Waals surface area (Å²) in [7, 11) is 0. The summed E-state index contributed by atoms with van der Waals surface area (Å²) in [6, 6.07) is 18.6. The Morgan fingerprint density at radius 3 is 2.68 bits per heavy atom. The molecular formula is C19H14N2O3S. The van der Waals surface area contributed by atoms with Crippen molar-refractivity contribution in [3.05, 3.63) is 71.2 Å². The van der Waals surface area contributed by atoms with Crippen molar-refractivity contribution in [2.45, 2.75) is 6.61 Å². The lowest BCUT2D eigenvalue weighted by atomic mass is 10.2. The lowest BCUT2D eigenvalue weighted by Crippen LogP contribution is -2.15. The molecule has 6 heteroatoms. The normalized spacial score (nSPS) is 10.0. The smallest absolute Gasteiger partial charge is 0.344 e. The number of benzene rings is 2. The molecule has 0 bridgehead atoms. The fourth-order valence-corrected chi connectivity index (χ4v) is 2.91. The molecular weight excluding hydrogens is 336 g/mol. The van der Waals surface area contributed by atoms with Crippen LogP contribution in [0.25, 0.3) is 10.6 Å². The average molecular weight is 350 g/mol. The Morgan fingerprint density at radius 1 is 1.12 bits per heavy atom. The summed E-state index contributed by atoms with van der Waals surface area (Å²) in [5.41, 5.74) is 2.10. The fourth-order valence-electron chi connectivity index (χ4n) is 2.10. The summed E-state index contributed by atoms with van der Waals surface area (Å²) in [6.45, 7) is -0.167. The Hall–Kier alpha value is -3.17. The number of carbonyl (C=O) groups excluding carboxylic acids is 1. The van der Waals surface area contributed by atoms with Crippen LogP contribution in [-0.4, -0.2) is 17.6 Å². The number of carbonyl (C=O) groups is 1. The molecule has 0 atom stereocenters. The molecule has 0 aliphatic heterocycles. The van der Waals surface area contributed by atoms with E-state index >= 15 is 0 Å². The zero-order valence-corrected chi connectivity index (χ0v) is 14.0. The molecule has 25 heavy (non-hydrogen) atoms. The first-order valence-electron chi connectivity index (χ1n) is 7.53. The van der Waals surface area contributed by atoms with Crippen LogP contribution in [0.5, 0.6) is 5.75 Å². The second-order valence-corrected chi connectivity index (χ2v) is 5.93. The Kier molecular flexibility index (Phi) is 5.39. The Bertz CT molecular complexity index is 900. The van der Waals surface area contributed by atoms with E-state index in [9.17, 15) is 4.79 Å². The van der Waals surface area contributed by atoms with Gasteiger partial charge >= 0.3 is 5.97 Å².